The number of pyridine rings is 1. The topological polar surface area (TPSA) is 208 Å². The fraction of sp³-hybridized carbons (Fsp3) is 0.544. The first kappa shape index (κ1) is 51.0. The Labute approximate surface area is 444 Å². The van der Waals surface area contributed by atoms with Crippen molar-refractivity contribution in [3.63, 3.8) is 0 Å². The number of aromatic amines is 1. The second kappa shape index (κ2) is 20.5. The third-order valence-electron chi connectivity index (χ3n) is 18.3. The molecule has 1 amide bonds. The Kier molecular flexibility index (Phi) is 13.8. The summed E-state index contributed by atoms with van der Waals surface area (Å²) in [6.07, 6.45) is 11.5. The number of ether oxygens (including phenoxy) is 3. The fourth-order valence-electron chi connectivity index (χ4n) is 13.8. The third-order valence-corrected chi connectivity index (χ3v) is 19.6. The lowest BCUT2D eigenvalue weighted by Crippen LogP contribution is -2.60. The van der Waals surface area contributed by atoms with E-state index in [1.807, 2.05) is 37.4 Å². The summed E-state index contributed by atoms with van der Waals surface area (Å²) in [6, 6.07) is 23.3. The number of aliphatic hydroxyl groups is 1. The Morgan fingerprint density at radius 2 is 1.68 bits per heavy atom. The molecule has 2 aromatic heterocycles. The Hall–Kier alpha value is -5.83. The summed E-state index contributed by atoms with van der Waals surface area (Å²) in [6.45, 7) is 11.6. The van der Waals surface area contributed by atoms with Gasteiger partial charge in [-0.1, -0.05) is 24.3 Å². The van der Waals surface area contributed by atoms with Crippen molar-refractivity contribution in [2.45, 2.75) is 125 Å². The number of amides is 1. The summed E-state index contributed by atoms with van der Waals surface area (Å²) in [5.41, 5.74) is 4.96. The quantitative estimate of drug-likeness (QED) is 0.0686. The second-order valence-corrected chi connectivity index (χ2v) is 24.8. The highest BCUT2D eigenvalue weighted by molar-refractivity contribution is 7.90. The van der Waals surface area contributed by atoms with Gasteiger partial charge in [0.15, 0.2) is 0 Å². The number of nitro benzene ring substituents is 1. The molecule has 0 unspecified atom stereocenters. The SMILES string of the molecule is Cc1ccccc1[C@@H]1CC[C@@H](N2CCOCC2)CN1C1CC2(CCN(c3ccc(C(=O)NS(=O)(=O)c4ccc(NC[C@H]5CC[C@](C)(O)CC5)c([N+](=O)[O-])c4)c(N4c5cc6cc[nH]c6nc5O[C@H]5COCC[C@@H]54)c3)CC2)C1. The van der Waals surface area contributed by atoms with E-state index in [0.29, 0.717) is 80.0 Å². The lowest BCUT2D eigenvalue weighted by molar-refractivity contribution is -0.384. The van der Waals surface area contributed by atoms with Crippen LogP contribution in [0.25, 0.3) is 11.0 Å². The predicted octanol–water partition coefficient (Wildman–Crippen LogP) is 8.23. The molecule has 3 aromatic carbocycles. The minimum atomic E-state index is -4.63. The molecular formula is C57H71N9O9S. The minimum absolute atomic E-state index is 0.120. The molecule has 1 spiro atoms. The molecular weight excluding hydrogens is 987 g/mol. The van der Waals surface area contributed by atoms with Gasteiger partial charge in [0.25, 0.3) is 21.6 Å². The summed E-state index contributed by atoms with van der Waals surface area (Å²) in [5.74, 6) is -0.304. The standard InChI is InChI=1S/C57H71N9O9S/c1-37-5-3-4-6-44(37)47-12-8-41(63-24-27-73-28-25-63)35-64(47)42-32-57(33-42)19-22-62(23-20-57)40-7-10-45(49(30-40)65-48-16-26-74-36-52(48)75-55-51(65)29-39-15-21-58-53(39)60-55)54(67)61-76(71,72)43-9-11-46(50(31-43)66(69)70)59-34-38-13-17-56(2,68)18-14-38/h3-7,9-11,15,21,29-31,38,41-42,47-48,52,59,68H,8,12-14,16-20,22-28,32-36H2,1-2H3,(H,58,60)(H,61,67)/t38-,41-,47+,48+,52+,56-/m1/s1. The van der Waals surface area contributed by atoms with Crippen LogP contribution in [0.1, 0.15) is 105 Å². The maximum atomic E-state index is 14.8. The summed E-state index contributed by atoms with van der Waals surface area (Å²) in [5, 5.41) is 26.8. The van der Waals surface area contributed by atoms with Crippen molar-refractivity contribution >= 4 is 55.4 Å². The van der Waals surface area contributed by atoms with Gasteiger partial charge in [0.2, 0.25) is 5.88 Å². The average Bonchev–Trinajstić information content (AvgIpc) is 4.01. The molecule has 6 fully saturated rings. The summed E-state index contributed by atoms with van der Waals surface area (Å²) < 4.78 is 49.0. The number of nitro groups is 1. The van der Waals surface area contributed by atoms with Gasteiger partial charge >= 0.3 is 0 Å². The van der Waals surface area contributed by atoms with Crippen LogP contribution in [0.2, 0.25) is 0 Å². The number of hydrogen-bond donors (Lipinski definition) is 4. The number of rotatable bonds is 12. The van der Waals surface area contributed by atoms with Crippen molar-refractivity contribution in [3.8, 4) is 5.88 Å². The molecule has 4 N–H and O–H groups in total. The molecule has 19 heteroatoms. The zero-order chi connectivity index (χ0) is 52.3. The van der Waals surface area contributed by atoms with Crippen molar-refractivity contribution in [3.05, 3.63) is 106 Å². The zero-order valence-corrected chi connectivity index (χ0v) is 44.4. The molecule has 2 aliphatic carbocycles. The number of likely N-dealkylation sites (tertiary alicyclic amines) is 1. The third kappa shape index (κ3) is 10.0. The normalized spacial score (nSPS) is 27.3. The van der Waals surface area contributed by atoms with Crippen molar-refractivity contribution in [2.75, 3.05) is 80.8 Å². The highest BCUT2D eigenvalue weighted by Gasteiger charge is 2.51. The number of benzene rings is 3. The van der Waals surface area contributed by atoms with E-state index in [9.17, 15) is 28.4 Å². The van der Waals surface area contributed by atoms with Gasteiger partial charge < -0.3 is 39.4 Å². The molecule has 2 saturated carbocycles. The maximum Gasteiger partial charge on any atom is 0.293 e. The summed E-state index contributed by atoms with van der Waals surface area (Å²) in [4.78, 5) is 44.2. The summed E-state index contributed by atoms with van der Waals surface area (Å²) in [7, 11) is -4.63. The number of aromatic nitrogens is 2. The molecule has 404 valence electrons. The maximum absolute atomic E-state index is 14.8. The molecule has 5 aromatic rings. The number of H-pyrrole nitrogens is 1. The Bertz CT molecular complexity index is 3080. The van der Waals surface area contributed by atoms with Crippen LogP contribution in [-0.2, 0) is 19.5 Å². The van der Waals surface area contributed by atoms with Crippen molar-refractivity contribution < 1.29 is 37.5 Å². The smallest absolute Gasteiger partial charge is 0.293 e. The first-order valence-electron chi connectivity index (χ1n) is 27.6. The highest BCUT2D eigenvalue weighted by Crippen LogP contribution is 2.54. The first-order valence-corrected chi connectivity index (χ1v) is 29.0. The molecule has 0 bridgehead atoms. The summed E-state index contributed by atoms with van der Waals surface area (Å²) >= 11 is 0. The molecule has 12 rings (SSSR count). The van der Waals surface area contributed by atoms with Crippen LogP contribution in [0.3, 0.4) is 0 Å². The van der Waals surface area contributed by atoms with E-state index in [1.54, 1.807) is 6.07 Å². The van der Waals surface area contributed by atoms with Gasteiger partial charge in [-0.3, -0.25) is 24.7 Å². The highest BCUT2D eigenvalue weighted by atomic mass is 32.2. The lowest BCUT2D eigenvalue weighted by atomic mass is 9.59. The molecule has 5 aliphatic heterocycles. The molecule has 7 aliphatic rings. The molecule has 7 heterocycles. The first-order chi connectivity index (χ1) is 36.7. The van der Waals surface area contributed by atoms with Gasteiger partial charge in [0.05, 0.1) is 52.5 Å². The number of carbonyl (C=O) groups is 1. The van der Waals surface area contributed by atoms with Gasteiger partial charge in [0, 0.05) is 87.3 Å². The average molecular weight is 1060 g/mol. The molecule has 76 heavy (non-hydrogen) atoms. The number of sulfonamides is 1. The largest absolute Gasteiger partial charge is 0.468 e. The number of fused-ring (bicyclic) bond motifs is 3. The molecule has 18 nitrogen and oxygen atoms in total. The number of nitrogens with zero attached hydrogens (tertiary/aromatic N) is 6. The van der Waals surface area contributed by atoms with Crippen LogP contribution < -0.4 is 24.6 Å². The van der Waals surface area contributed by atoms with Crippen molar-refractivity contribution in [2.24, 2.45) is 11.3 Å². The van der Waals surface area contributed by atoms with E-state index in [0.717, 1.165) is 95.2 Å². The van der Waals surface area contributed by atoms with Crippen LogP contribution in [0, 0.1) is 28.4 Å². The zero-order valence-electron chi connectivity index (χ0n) is 43.6. The molecule has 4 saturated heterocycles. The number of morpholine rings is 1. The van der Waals surface area contributed by atoms with Gasteiger partial charge in [-0.25, -0.2) is 13.1 Å². The van der Waals surface area contributed by atoms with Crippen LogP contribution >= 0.6 is 0 Å². The lowest BCUT2D eigenvalue weighted by Gasteiger charge is -2.59. The van der Waals surface area contributed by atoms with E-state index in [1.165, 1.54) is 42.5 Å². The molecule has 4 atom stereocenters. The van der Waals surface area contributed by atoms with Crippen LogP contribution in [-0.4, -0.2) is 140 Å². The Balaban J connectivity index is 0.812. The van der Waals surface area contributed by atoms with Gasteiger partial charge in [-0.15, -0.1) is 0 Å². The number of aryl methyl sites for hydroxylation is 1. The number of hydrogen-bond acceptors (Lipinski definition) is 15. The Morgan fingerprint density at radius 3 is 2.46 bits per heavy atom. The fourth-order valence-corrected chi connectivity index (χ4v) is 14.8. The second-order valence-electron chi connectivity index (χ2n) is 23.1. The van der Waals surface area contributed by atoms with E-state index in [4.69, 9.17) is 19.2 Å². The van der Waals surface area contributed by atoms with Gasteiger partial charge in [0.1, 0.15) is 23.1 Å². The van der Waals surface area contributed by atoms with E-state index < -0.39 is 43.1 Å². The minimum Gasteiger partial charge on any atom is -0.468 e. The van der Waals surface area contributed by atoms with E-state index in [2.05, 4.69) is 65.8 Å². The number of piperidine rings is 2. The Morgan fingerprint density at radius 1 is 0.895 bits per heavy atom. The monoisotopic (exact) mass is 1060 g/mol. The van der Waals surface area contributed by atoms with E-state index >= 15 is 0 Å². The van der Waals surface area contributed by atoms with Crippen molar-refractivity contribution in [1.82, 2.24) is 24.5 Å². The van der Waals surface area contributed by atoms with Gasteiger partial charge in [-0.2, -0.15) is 4.98 Å². The van der Waals surface area contributed by atoms with Crippen LogP contribution in [0.5, 0.6) is 5.88 Å². The number of carbonyl (C=O) groups excluding carboxylic acids is 1. The van der Waals surface area contributed by atoms with Gasteiger partial charge in [-0.05, 0) is 149 Å². The molecule has 0 radical (unpaired) electrons. The predicted molar refractivity (Wildman–Crippen MR) is 290 cm³/mol. The van der Waals surface area contributed by atoms with Crippen LogP contribution in [0.15, 0.2) is 83.9 Å². The van der Waals surface area contributed by atoms with Crippen LogP contribution in [0.4, 0.5) is 28.4 Å². The number of anilines is 4. The van der Waals surface area contributed by atoms with Crippen molar-refractivity contribution in [1.29, 1.82) is 0 Å². The van der Waals surface area contributed by atoms with E-state index in [-0.39, 0.29) is 28.6 Å². The number of nitrogens with one attached hydrogen (secondary N) is 3.